The van der Waals surface area contributed by atoms with E-state index in [0.29, 0.717) is 10.8 Å². The molecule has 0 atom stereocenters. The average Bonchev–Trinajstić information content (AvgIpc) is 3.77. The summed E-state index contributed by atoms with van der Waals surface area (Å²) < 4.78 is 0. The number of hydrogen-bond acceptors (Lipinski definition) is 5. The molecule has 3 heterocycles. The number of aromatic nitrogens is 4. The Morgan fingerprint density at radius 1 is 0.274 bits per heavy atom. The topological polar surface area (TPSA) is 51.6 Å². The van der Waals surface area contributed by atoms with Gasteiger partial charge in [0.2, 0.25) is 0 Å². The van der Waals surface area contributed by atoms with Crippen molar-refractivity contribution < 1.29 is 0 Å². The molecule has 73 heavy (non-hydrogen) atoms. The van der Waals surface area contributed by atoms with Crippen molar-refractivity contribution >= 4 is 11.3 Å². The molecule has 5 heteroatoms. The first-order valence-corrected chi connectivity index (χ1v) is 28.4. The zero-order valence-corrected chi connectivity index (χ0v) is 55.1. The Morgan fingerprint density at radius 3 is 0.726 bits per heavy atom. The summed E-state index contributed by atoms with van der Waals surface area (Å²) in [7, 11) is 0. The smallest absolute Gasteiger partial charge is 0.0684 e. The Hall–Kier alpha value is -3.70. The lowest BCUT2D eigenvalue weighted by Gasteiger charge is -2.24. The van der Waals surface area contributed by atoms with Gasteiger partial charge in [-0.05, 0) is 79.0 Å². The van der Waals surface area contributed by atoms with E-state index < -0.39 is 0 Å². The van der Waals surface area contributed by atoms with Crippen molar-refractivity contribution in [2.45, 2.75) is 290 Å². The highest BCUT2D eigenvalue weighted by Crippen LogP contribution is 2.36. The van der Waals surface area contributed by atoms with E-state index in [0.717, 1.165) is 22.8 Å². The van der Waals surface area contributed by atoms with Crippen molar-refractivity contribution in [1.82, 2.24) is 20.2 Å². The van der Waals surface area contributed by atoms with Crippen molar-refractivity contribution in [3.05, 3.63) is 140 Å². The van der Waals surface area contributed by atoms with Gasteiger partial charge in [-0.15, -0.1) is 11.3 Å². The predicted octanol–water partition coefficient (Wildman–Crippen LogP) is 21.1. The van der Waals surface area contributed by atoms with E-state index in [-0.39, 0.29) is 43.3 Å². The Balaban J connectivity index is 0. The molecular formula is C68H116N4S. The molecule has 5 rings (SSSR count). The van der Waals surface area contributed by atoms with Gasteiger partial charge in [-0.25, -0.2) is 0 Å². The van der Waals surface area contributed by atoms with Crippen LogP contribution >= 0.6 is 11.3 Å². The van der Waals surface area contributed by atoms with Crippen LogP contribution in [0.5, 0.6) is 0 Å². The lowest BCUT2D eigenvalue weighted by atomic mass is 9.81. The summed E-state index contributed by atoms with van der Waals surface area (Å²) in [6, 6.07) is 26.6. The first-order valence-electron chi connectivity index (χ1n) is 27.6. The molecule has 4 nitrogen and oxygen atoms in total. The van der Waals surface area contributed by atoms with Crippen molar-refractivity contribution in [2.24, 2.45) is 0 Å². The van der Waals surface area contributed by atoms with Gasteiger partial charge >= 0.3 is 0 Å². The minimum atomic E-state index is 0.0776. The van der Waals surface area contributed by atoms with Gasteiger partial charge < -0.3 is 0 Å². The third kappa shape index (κ3) is 27.1. The van der Waals surface area contributed by atoms with Gasteiger partial charge in [0.05, 0.1) is 22.8 Å². The second-order valence-electron chi connectivity index (χ2n) is 29.4. The van der Waals surface area contributed by atoms with Gasteiger partial charge in [0.25, 0.3) is 0 Å². The van der Waals surface area contributed by atoms with Crippen LogP contribution in [0.1, 0.15) is 290 Å². The third-order valence-corrected chi connectivity index (χ3v) is 13.6. The fourth-order valence-electron chi connectivity index (χ4n) is 6.29. The summed E-state index contributed by atoms with van der Waals surface area (Å²) >= 11 is 1.95. The minimum Gasteiger partial charge on any atom is -0.261 e. The third-order valence-electron chi connectivity index (χ3n) is 11.7. The molecule has 414 valence electrons. The van der Waals surface area contributed by atoms with E-state index in [4.69, 9.17) is 0 Å². The van der Waals surface area contributed by atoms with Crippen molar-refractivity contribution in [3.63, 3.8) is 0 Å². The van der Waals surface area contributed by atoms with E-state index in [9.17, 15) is 0 Å². The Labute approximate surface area is 458 Å². The average molecular weight is 1020 g/mol. The molecule has 0 saturated heterocycles. The van der Waals surface area contributed by atoms with Crippen LogP contribution in [-0.4, -0.2) is 20.2 Å². The molecule has 0 unspecified atom stereocenters. The van der Waals surface area contributed by atoms with E-state index in [2.05, 4.69) is 301 Å². The van der Waals surface area contributed by atoms with Crippen LogP contribution in [-0.2, 0) is 54.1 Å². The maximum absolute atomic E-state index is 4.65. The number of thiophene rings is 1. The summed E-state index contributed by atoms with van der Waals surface area (Å²) in [5.41, 5.74) is 11.8. The number of rotatable bonds is 0. The Morgan fingerprint density at radius 2 is 0.534 bits per heavy atom. The summed E-state index contributed by atoms with van der Waals surface area (Å²) in [6.07, 6.45) is 3.71. The van der Waals surface area contributed by atoms with Gasteiger partial charge in [0.15, 0.2) is 0 Å². The second kappa shape index (κ2) is 27.9. The van der Waals surface area contributed by atoms with Crippen LogP contribution in [0, 0.1) is 0 Å². The molecular weight excluding hydrogens is 905 g/mol. The molecule has 0 aliphatic rings. The maximum Gasteiger partial charge on any atom is 0.0684 e. The standard InChI is InChI=1S/2C14H22.2C12H20N2.C12H20S.2C2H6/c1-13(2,3)11-7-9-12(10-8-11)14(4,5)6;1-13(2,3)11-8-7-9-12(10-11)14(4,5)6;1-11(2,3)9-7-13-8-10(14-9)12(4,5)6;1-11(2,3)9-7-8-10(14-13-9)12(4,5)6;1-11(2,3)9-7-8-10(13-9)12(4,5)6;2*1-2/h2*7-10H,1-6H3;2*7-8H,1-6H3;7-8H,1-6H3;2*1-2H3. The largest absolute Gasteiger partial charge is 0.261 e. The predicted molar refractivity (Wildman–Crippen MR) is 331 cm³/mol. The molecule has 0 spiro atoms. The van der Waals surface area contributed by atoms with E-state index in [1.807, 2.05) is 51.4 Å². The van der Waals surface area contributed by atoms with E-state index in [1.165, 1.54) is 32.0 Å². The molecule has 0 bridgehead atoms. The van der Waals surface area contributed by atoms with E-state index >= 15 is 0 Å². The van der Waals surface area contributed by atoms with Gasteiger partial charge in [-0.1, -0.05) is 284 Å². The normalized spacial score (nSPS) is 12.5. The van der Waals surface area contributed by atoms with Crippen LogP contribution in [0.15, 0.2) is 85.2 Å². The fourth-order valence-corrected chi connectivity index (χ4v) is 7.41. The number of benzene rings is 2. The first kappa shape index (κ1) is 71.4. The fraction of sp³-hybridized carbons (Fsp3) is 0.647. The summed E-state index contributed by atoms with van der Waals surface area (Å²) in [5.74, 6) is 0. The lowest BCUT2D eigenvalue weighted by molar-refractivity contribution is 0.525. The number of hydrogen-bond donors (Lipinski definition) is 0. The molecule has 0 N–H and O–H groups in total. The molecule has 0 saturated carbocycles. The molecule has 0 aliphatic heterocycles. The molecule has 0 aliphatic carbocycles. The van der Waals surface area contributed by atoms with Crippen molar-refractivity contribution in [3.8, 4) is 0 Å². The first-order chi connectivity index (χ1) is 32.6. The Bertz CT molecular complexity index is 1980. The van der Waals surface area contributed by atoms with Crippen molar-refractivity contribution in [2.75, 3.05) is 0 Å². The second-order valence-corrected chi connectivity index (χ2v) is 30.5. The molecule has 0 fully saturated rings. The summed E-state index contributed by atoms with van der Waals surface area (Å²) in [5, 5.41) is 8.53. The highest BCUT2D eigenvalue weighted by atomic mass is 32.1. The Kier molecular flexibility index (Phi) is 27.3. The van der Waals surface area contributed by atoms with Crippen LogP contribution in [0.3, 0.4) is 0 Å². The zero-order valence-electron chi connectivity index (χ0n) is 54.3. The quantitative estimate of drug-likeness (QED) is 0.155. The monoisotopic (exact) mass is 1020 g/mol. The molecule has 5 aromatic rings. The van der Waals surface area contributed by atoms with Gasteiger partial charge in [-0.3, -0.25) is 9.97 Å². The van der Waals surface area contributed by atoms with Crippen LogP contribution in [0.4, 0.5) is 0 Å². The molecule has 0 radical (unpaired) electrons. The summed E-state index contributed by atoms with van der Waals surface area (Å²) in [6.45, 7) is 74.5. The minimum absolute atomic E-state index is 0.0776. The number of nitrogens with zero attached hydrogens (tertiary/aromatic N) is 4. The van der Waals surface area contributed by atoms with Crippen LogP contribution in [0.2, 0.25) is 0 Å². The van der Waals surface area contributed by atoms with Gasteiger partial charge in [0, 0.05) is 43.8 Å². The van der Waals surface area contributed by atoms with Gasteiger partial charge in [-0.2, -0.15) is 10.2 Å². The molecule has 2 aromatic carbocycles. The lowest BCUT2D eigenvalue weighted by Crippen LogP contribution is -2.20. The molecule has 0 amide bonds. The highest BCUT2D eigenvalue weighted by molar-refractivity contribution is 7.12. The highest BCUT2D eigenvalue weighted by Gasteiger charge is 2.24. The van der Waals surface area contributed by atoms with Crippen LogP contribution in [0.25, 0.3) is 0 Å². The van der Waals surface area contributed by atoms with Crippen LogP contribution < -0.4 is 0 Å². The SMILES string of the molecule is CC.CC.CC(C)(C)c1ccc(C(C)(C)C)cc1.CC(C)(C)c1ccc(C(C)(C)C)nn1.CC(C)(C)c1ccc(C(C)(C)C)s1.CC(C)(C)c1cccc(C(C)(C)C)c1.CC(C)(C)c1cncc(C(C)(C)C)n1. The molecule has 3 aromatic heterocycles. The summed E-state index contributed by atoms with van der Waals surface area (Å²) in [4.78, 5) is 11.9. The zero-order chi connectivity index (χ0) is 58.2. The maximum atomic E-state index is 4.65. The van der Waals surface area contributed by atoms with Crippen molar-refractivity contribution in [1.29, 1.82) is 0 Å². The van der Waals surface area contributed by atoms with Gasteiger partial charge in [0.1, 0.15) is 0 Å². The van der Waals surface area contributed by atoms with E-state index in [1.54, 1.807) is 0 Å².